The van der Waals surface area contributed by atoms with Crippen LogP contribution < -0.4 is 14.9 Å². The summed E-state index contributed by atoms with van der Waals surface area (Å²) in [6, 6.07) is 10.8. The average Bonchev–Trinajstić information content (AvgIpc) is 3.37. The number of rotatable bonds is 7. The fourth-order valence-electron chi connectivity index (χ4n) is 6.56. The van der Waals surface area contributed by atoms with Crippen molar-refractivity contribution < 1.29 is 13.2 Å². The van der Waals surface area contributed by atoms with E-state index in [1.54, 1.807) is 12.1 Å². The fraction of sp³-hybridized carbons (Fsp3) is 0.519. The van der Waals surface area contributed by atoms with Gasteiger partial charge in [0.15, 0.2) is 0 Å². The van der Waals surface area contributed by atoms with Crippen LogP contribution in [0, 0.1) is 31.1 Å². The van der Waals surface area contributed by atoms with Gasteiger partial charge in [0.2, 0.25) is 5.91 Å². The Morgan fingerprint density at radius 3 is 2.59 bits per heavy atom. The molecule has 2 fully saturated rings. The number of hydrogen-bond donors (Lipinski definition) is 2. The van der Waals surface area contributed by atoms with Crippen molar-refractivity contribution in [2.24, 2.45) is 17.3 Å². The minimum Gasteiger partial charge on any atom is -0.385 e. The van der Waals surface area contributed by atoms with E-state index in [4.69, 9.17) is 0 Å². The second-order valence-corrected chi connectivity index (χ2v) is 12.7. The Morgan fingerprint density at radius 1 is 1.15 bits per heavy atom. The van der Waals surface area contributed by atoms with Crippen LogP contribution in [0.3, 0.4) is 0 Å². The van der Waals surface area contributed by atoms with Gasteiger partial charge in [0.25, 0.3) is 10.0 Å². The molecule has 1 unspecified atom stereocenters. The lowest BCUT2D eigenvalue weighted by molar-refractivity contribution is -0.115. The molecule has 0 aromatic heterocycles. The van der Waals surface area contributed by atoms with Crippen molar-refractivity contribution in [1.82, 2.24) is 0 Å². The maximum Gasteiger partial charge on any atom is 0.265 e. The summed E-state index contributed by atoms with van der Waals surface area (Å²) in [5.74, 6) is 1.22. The van der Waals surface area contributed by atoms with Crippen LogP contribution in [-0.4, -0.2) is 27.4 Å². The first-order valence-corrected chi connectivity index (χ1v) is 13.9. The second-order valence-electron chi connectivity index (χ2n) is 10.8. The van der Waals surface area contributed by atoms with E-state index in [1.165, 1.54) is 42.8 Å². The summed E-state index contributed by atoms with van der Waals surface area (Å²) in [5.41, 5.74) is 4.06. The molecule has 2 aliphatic carbocycles. The van der Waals surface area contributed by atoms with Crippen molar-refractivity contribution in [3.05, 3.63) is 47.5 Å². The first-order valence-electron chi connectivity index (χ1n) is 12.4. The van der Waals surface area contributed by atoms with Gasteiger partial charge in [-0.15, -0.1) is 0 Å². The molecule has 182 valence electrons. The van der Waals surface area contributed by atoms with Crippen LogP contribution in [0.2, 0.25) is 0 Å². The van der Waals surface area contributed by atoms with Gasteiger partial charge < -0.3 is 10.6 Å². The molecule has 1 aliphatic heterocycles. The number of amides is 1. The zero-order valence-corrected chi connectivity index (χ0v) is 21.2. The highest BCUT2D eigenvalue weighted by Crippen LogP contribution is 2.57. The number of nitrogens with one attached hydrogen (secondary N) is 2. The summed E-state index contributed by atoms with van der Waals surface area (Å²) >= 11 is 0. The number of nitrogens with zero attached hydrogens (tertiary/aromatic N) is 1. The Morgan fingerprint density at radius 2 is 1.91 bits per heavy atom. The zero-order valence-electron chi connectivity index (χ0n) is 20.4. The molecule has 0 radical (unpaired) electrons. The number of hydrogen-bond acceptors (Lipinski definition) is 4. The summed E-state index contributed by atoms with van der Waals surface area (Å²) in [5, 5.41) is 6.32. The van der Waals surface area contributed by atoms with E-state index in [9.17, 15) is 13.2 Å². The molecule has 0 spiro atoms. The zero-order chi connectivity index (χ0) is 24.1. The van der Waals surface area contributed by atoms with Crippen molar-refractivity contribution in [1.29, 1.82) is 0 Å². The molecule has 2 aromatic carbocycles. The molecule has 2 saturated carbocycles. The van der Waals surface area contributed by atoms with E-state index in [2.05, 4.69) is 17.6 Å². The number of carbonyl (C=O) groups is 1. The summed E-state index contributed by atoms with van der Waals surface area (Å²) in [4.78, 5) is 12.5. The first-order chi connectivity index (χ1) is 16.2. The van der Waals surface area contributed by atoms with Gasteiger partial charge in [0.05, 0.1) is 16.3 Å². The number of carbonyl (C=O) groups excluding carboxylic acids is 1. The van der Waals surface area contributed by atoms with E-state index in [0.29, 0.717) is 28.3 Å². The van der Waals surface area contributed by atoms with Crippen LogP contribution in [0.1, 0.15) is 56.6 Å². The molecule has 6 nitrogen and oxygen atoms in total. The third-order valence-electron chi connectivity index (χ3n) is 8.12. The Labute approximate surface area is 203 Å². The number of sulfonamides is 1. The van der Waals surface area contributed by atoms with Crippen LogP contribution >= 0.6 is 0 Å². The Bertz CT molecular complexity index is 1220. The highest BCUT2D eigenvalue weighted by Gasteiger charge is 2.45. The van der Waals surface area contributed by atoms with Gasteiger partial charge in [-0.25, -0.2) is 8.42 Å². The number of aryl methyl sites for hydroxylation is 2. The molecule has 1 amide bonds. The third kappa shape index (κ3) is 4.19. The van der Waals surface area contributed by atoms with Crippen molar-refractivity contribution >= 4 is 33.0 Å². The molecule has 1 heterocycles. The van der Waals surface area contributed by atoms with E-state index in [0.717, 1.165) is 23.7 Å². The molecule has 34 heavy (non-hydrogen) atoms. The predicted octanol–water partition coefficient (Wildman–Crippen LogP) is 5.47. The van der Waals surface area contributed by atoms with Crippen LogP contribution in [0.4, 0.5) is 17.1 Å². The van der Waals surface area contributed by atoms with Crippen molar-refractivity contribution in [2.75, 3.05) is 28.0 Å². The standard InChI is InChI=1S/C27H35N3O3S/c1-18(14-27-11-9-21(15-27)10-12-27)16-28-22-7-8-24(20(3)13-22)34(32,33)30-17-25(31)29-23-6-4-5-19(2)26(23)30/h4-8,13,18,21,28H,9-12,14-17H2,1-3H3,(H,29,31). The molecule has 3 aliphatic rings. The molecule has 2 aromatic rings. The second kappa shape index (κ2) is 8.59. The lowest BCUT2D eigenvalue weighted by Gasteiger charge is -2.32. The molecule has 2 bridgehead atoms. The minimum absolute atomic E-state index is 0.222. The topological polar surface area (TPSA) is 78.5 Å². The van der Waals surface area contributed by atoms with Crippen LogP contribution in [-0.2, 0) is 14.8 Å². The van der Waals surface area contributed by atoms with Gasteiger partial charge in [0.1, 0.15) is 6.54 Å². The monoisotopic (exact) mass is 481 g/mol. The van der Waals surface area contributed by atoms with E-state index in [1.807, 2.05) is 38.1 Å². The van der Waals surface area contributed by atoms with Gasteiger partial charge in [-0.3, -0.25) is 9.10 Å². The average molecular weight is 482 g/mol. The SMILES string of the molecule is Cc1cc(NCC(C)CC23CCC(CC2)C3)ccc1S(=O)(=O)N1CC(=O)Nc2cccc(C)c21. The summed E-state index contributed by atoms with van der Waals surface area (Å²) in [6.45, 7) is 6.66. The summed E-state index contributed by atoms with van der Waals surface area (Å²) < 4.78 is 28.5. The van der Waals surface area contributed by atoms with Gasteiger partial charge in [-0.1, -0.05) is 19.1 Å². The van der Waals surface area contributed by atoms with Gasteiger partial charge in [-0.2, -0.15) is 0 Å². The van der Waals surface area contributed by atoms with E-state index in [-0.39, 0.29) is 17.3 Å². The summed E-state index contributed by atoms with van der Waals surface area (Å²) in [6.07, 6.45) is 8.31. The lowest BCUT2D eigenvalue weighted by atomic mass is 9.77. The highest BCUT2D eigenvalue weighted by atomic mass is 32.2. The van der Waals surface area contributed by atoms with Crippen molar-refractivity contribution in [3.63, 3.8) is 0 Å². The van der Waals surface area contributed by atoms with Gasteiger partial charge >= 0.3 is 0 Å². The fourth-order valence-corrected chi connectivity index (χ4v) is 8.28. The van der Waals surface area contributed by atoms with Crippen molar-refractivity contribution in [2.45, 2.75) is 64.2 Å². The lowest BCUT2D eigenvalue weighted by Crippen LogP contribution is -2.42. The normalized spacial score (nSPS) is 24.6. The maximum atomic E-state index is 13.6. The van der Waals surface area contributed by atoms with Crippen molar-refractivity contribution in [3.8, 4) is 0 Å². The molecule has 1 atom stereocenters. The van der Waals surface area contributed by atoms with E-state index < -0.39 is 10.0 Å². The molecular formula is C27H35N3O3S. The molecule has 2 N–H and O–H groups in total. The smallest absolute Gasteiger partial charge is 0.265 e. The minimum atomic E-state index is -3.89. The Kier molecular flexibility index (Phi) is 5.87. The van der Waals surface area contributed by atoms with Gasteiger partial charge in [0, 0.05) is 12.2 Å². The first kappa shape index (κ1) is 23.2. The molecule has 0 saturated heterocycles. The summed E-state index contributed by atoms with van der Waals surface area (Å²) in [7, 11) is -3.89. The molecule has 7 heteroatoms. The molecular weight excluding hydrogens is 446 g/mol. The quantitative estimate of drug-likeness (QED) is 0.550. The molecule has 5 rings (SSSR count). The number of anilines is 3. The third-order valence-corrected chi connectivity index (χ3v) is 10.0. The highest BCUT2D eigenvalue weighted by molar-refractivity contribution is 7.93. The predicted molar refractivity (Wildman–Crippen MR) is 137 cm³/mol. The maximum absolute atomic E-state index is 13.6. The Hall–Kier alpha value is -2.54. The van der Waals surface area contributed by atoms with Crippen LogP contribution in [0.5, 0.6) is 0 Å². The number of fused-ring (bicyclic) bond motifs is 3. The van der Waals surface area contributed by atoms with E-state index >= 15 is 0 Å². The van der Waals surface area contributed by atoms with Crippen LogP contribution in [0.25, 0.3) is 0 Å². The largest absolute Gasteiger partial charge is 0.385 e. The Balaban J connectivity index is 1.31. The van der Waals surface area contributed by atoms with Gasteiger partial charge in [-0.05, 0) is 105 Å². The number of benzene rings is 2. The number of para-hydroxylation sites is 1. The van der Waals surface area contributed by atoms with Crippen LogP contribution in [0.15, 0.2) is 41.3 Å².